The minimum Gasteiger partial charge on any atom is -0.399 e. The van der Waals surface area contributed by atoms with Crippen LogP contribution in [0.1, 0.15) is 6.42 Å². The standard InChI is InChI=1S/C12H19N5/c1-17(2)7-3-6-14-12-15-10-5-4-9(13)8-11(10)16-12/h4-5,8H,3,6-7,13H2,1-2H3,(H2,14,15,16). The Kier molecular flexibility index (Phi) is 3.49. The molecule has 0 amide bonds. The number of aromatic nitrogens is 2. The van der Waals surface area contributed by atoms with Crippen LogP contribution in [0.5, 0.6) is 0 Å². The van der Waals surface area contributed by atoms with Crippen LogP contribution in [-0.2, 0) is 0 Å². The van der Waals surface area contributed by atoms with E-state index in [2.05, 4.69) is 34.3 Å². The van der Waals surface area contributed by atoms with Gasteiger partial charge in [-0.1, -0.05) is 0 Å². The average molecular weight is 233 g/mol. The monoisotopic (exact) mass is 233 g/mol. The number of nitrogens with zero attached hydrogens (tertiary/aromatic N) is 2. The second-order valence-corrected chi connectivity index (χ2v) is 4.45. The number of anilines is 2. The van der Waals surface area contributed by atoms with Gasteiger partial charge < -0.3 is 20.9 Å². The molecule has 0 bridgehead atoms. The van der Waals surface area contributed by atoms with E-state index in [1.807, 2.05) is 18.2 Å². The van der Waals surface area contributed by atoms with Gasteiger partial charge in [0, 0.05) is 12.2 Å². The summed E-state index contributed by atoms with van der Waals surface area (Å²) in [6.07, 6.45) is 1.09. The second kappa shape index (κ2) is 5.05. The number of hydrogen-bond donors (Lipinski definition) is 3. The predicted molar refractivity (Wildman–Crippen MR) is 72.2 cm³/mol. The van der Waals surface area contributed by atoms with Gasteiger partial charge in [-0.3, -0.25) is 0 Å². The number of benzene rings is 1. The topological polar surface area (TPSA) is 70.0 Å². The van der Waals surface area contributed by atoms with Crippen LogP contribution >= 0.6 is 0 Å². The molecule has 0 aliphatic rings. The van der Waals surface area contributed by atoms with Crippen molar-refractivity contribution in [2.75, 3.05) is 38.2 Å². The van der Waals surface area contributed by atoms with Crippen molar-refractivity contribution in [3.05, 3.63) is 18.2 Å². The number of nitrogens with one attached hydrogen (secondary N) is 2. The van der Waals surface area contributed by atoms with Crippen LogP contribution in [0, 0.1) is 0 Å². The fourth-order valence-corrected chi connectivity index (χ4v) is 1.71. The Morgan fingerprint density at radius 2 is 2.24 bits per heavy atom. The number of hydrogen-bond acceptors (Lipinski definition) is 4. The molecular weight excluding hydrogens is 214 g/mol. The third-order valence-electron chi connectivity index (χ3n) is 2.58. The van der Waals surface area contributed by atoms with Crippen LogP contribution in [0.2, 0.25) is 0 Å². The molecule has 0 radical (unpaired) electrons. The van der Waals surface area contributed by atoms with E-state index < -0.39 is 0 Å². The fraction of sp³-hybridized carbons (Fsp3) is 0.417. The Labute approximate surface area is 101 Å². The van der Waals surface area contributed by atoms with Crippen LogP contribution in [0.4, 0.5) is 11.6 Å². The summed E-state index contributed by atoms with van der Waals surface area (Å²) in [5, 5.41) is 3.27. The molecule has 1 aromatic carbocycles. The van der Waals surface area contributed by atoms with E-state index in [1.54, 1.807) is 0 Å². The Morgan fingerprint density at radius 1 is 1.41 bits per heavy atom. The van der Waals surface area contributed by atoms with Gasteiger partial charge in [0.15, 0.2) is 0 Å². The zero-order valence-corrected chi connectivity index (χ0v) is 10.3. The smallest absolute Gasteiger partial charge is 0.201 e. The summed E-state index contributed by atoms with van der Waals surface area (Å²) in [5.41, 5.74) is 8.38. The second-order valence-electron chi connectivity index (χ2n) is 4.45. The SMILES string of the molecule is CN(C)CCCNc1nc2ccc(N)cc2[nH]1. The third kappa shape index (κ3) is 3.10. The van der Waals surface area contributed by atoms with Crippen LogP contribution in [0.25, 0.3) is 11.0 Å². The molecule has 0 atom stereocenters. The van der Waals surface area contributed by atoms with Gasteiger partial charge in [0.1, 0.15) is 0 Å². The molecule has 0 aliphatic carbocycles. The fourth-order valence-electron chi connectivity index (χ4n) is 1.71. The number of imidazole rings is 1. The largest absolute Gasteiger partial charge is 0.399 e. The summed E-state index contributed by atoms with van der Waals surface area (Å²) in [7, 11) is 4.15. The minimum atomic E-state index is 0.750. The summed E-state index contributed by atoms with van der Waals surface area (Å²) in [6, 6.07) is 5.68. The molecule has 0 unspecified atom stereocenters. The van der Waals surface area contributed by atoms with Gasteiger partial charge in [-0.25, -0.2) is 4.98 Å². The van der Waals surface area contributed by atoms with E-state index in [9.17, 15) is 0 Å². The molecule has 0 aliphatic heterocycles. The van der Waals surface area contributed by atoms with Gasteiger partial charge in [-0.05, 0) is 45.3 Å². The molecule has 1 heterocycles. The average Bonchev–Trinajstić information content (AvgIpc) is 2.66. The molecule has 0 saturated carbocycles. The molecule has 0 saturated heterocycles. The minimum absolute atomic E-state index is 0.750. The first-order valence-corrected chi connectivity index (χ1v) is 5.79. The maximum Gasteiger partial charge on any atom is 0.201 e. The Morgan fingerprint density at radius 3 is 3.00 bits per heavy atom. The quantitative estimate of drug-likeness (QED) is 0.541. The van der Waals surface area contributed by atoms with Gasteiger partial charge in [-0.15, -0.1) is 0 Å². The van der Waals surface area contributed by atoms with E-state index in [0.29, 0.717) is 0 Å². The number of H-pyrrole nitrogens is 1. The van der Waals surface area contributed by atoms with Crippen LogP contribution in [0.15, 0.2) is 18.2 Å². The van der Waals surface area contributed by atoms with Crippen molar-refractivity contribution in [3.8, 4) is 0 Å². The number of aromatic amines is 1. The lowest BCUT2D eigenvalue weighted by molar-refractivity contribution is 0.405. The summed E-state index contributed by atoms with van der Waals surface area (Å²) in [5.74, 6) is 0.810. The normalized spacial score (nSPS) is 11.2. The number of nitrogens with two attached hydrogens (primary N) is 1. The first-order valence-electron chi connectivity index (χ1n) is 5.79. The molecule has 92 valence electrons. The number of rotatable bonds is 5. The summed E-state index contributed by atoms with van der Waals surface area (Å²) >= 11 is 0. The van der Waals surface area contributed by atoms with E-state index in [4.69, 9.17) is 5.73 Å². The van der Waals surface area contributed by atoms with Crippen molar-refractivity contribution in [1.29, 1.82) is 0 Å². The Bertz CT molecular complexity index is 489. The molecule has 5 heteroatoms. The number of fused-ring (bicyclic) bond motifs is 1. The van der Waals surface area contributed by atoms with Crippen LogP contribution in [0.3, 0.4) is 0 Å². The van der Waals surface area contributed by atoms with E-state index in [1.165, 1.54) is 0 Å². The van der Waals surface area contributed by atoms with Gasteiger partial charge in [-0.2, -0.15) is 0 Å². The van der Waals surface area contributed by atoms with Gasteiger partial charge in [0.2, 0.25) is 5.95 Å². The Balaban J connectivity index is 1.95. The highest BCUT2D eigenvalue weighted by molar-refractivity contribution is 5.80. The zero-order valence-electron chi connectivity index (χ0n) is 10.3. The molecule has 17 heavy (non-hydrogen) atoms. The zero-order chi connectivity index (χ0) is 12.3. The van der Waals surface area contributed by atoms with Crippen LogP contribution in [-0.4, -0.2) is 42.1 Å². The van der Waals surface area contributed by atoms with Gasteiger partial charge >= 0.3 is 0 Å². The highest BCUT2D eigenvalue weighted by atomic mass is 15.1. The lowest BCUT2D eigenvalue weighted by atomic mass is 10.3. The molecule has 0 fully saturated rings. The molecule has 4 N–H and O–H groups in total. The highest BCUT2D eigenvalue weighted by Gasteiger charge is 2.01. The molecule has 1 aromatic heterocycles. The number of nitrogen functional groups attached to an aromatic ring is 1. The van der Waals surface area contributed by atoms with Crippen molar-refractivity contribution < 1.29 is 0 Å². The van der Waals surface area contributed by atoms with Crippen molar-refractivity contribution in [2.24, 2.45) is 0 Å². The third-order valence-corrected chi connectivity index (χ3v) is 2.58. The maximum atomic E-state index is 5.71. The predicted octanol–water partition coefficient (Wildman–Crippen LogP) is 1.51. The Hall–Kier alpha value is -1.75. The molecule has 2 rings (SSSR count). The first-order chi connectivity index (χ1) is 8.15. The molecule has 2 aromatic rings. The lowest BCUT2D eigenvalue weighted by Gasteiger charge is -2.08. The van der Waals surface area contributed by atoms with Gasteiger partial charge in [0.05, 0.1) is 11.0 Å². The summed E-state index contributed by atoms with van der Waals surface area (Å²) in [6.45, 7) is 1.98. The lowest BCUT2D eigenvalue weighted by Crippen LogP contribution is -2.16. The molecule has 0 spiro atoms. The van der Waals surface area contributed by atoms with Crippen molar-refractivity contribution in [3.63, 3.8) is 0 Å². The summed E-state index contributed by atoms with van der Waals surface area (Å²) < 4.78 is 0. The first kappa shape index (κ1) is 11.7. The van der Waals surface area contributed by atoms with E-state index in [0.717, 1.165) is 42.2 Å². The summed E-state index contributed by atoms with van der Waals surface area (Å²) in [4.78, 5) is 9.81. The van der Waals surface area contributed by atoms with Crippen LogP contribution < -0.4 is 11.1 Å². The van der Waals surface area contributed by atoms with Crippen molar-refractivity contribution >= 4 is 22.7 Å². The van der Waals surface area contributed by atoms with E-state index >= 15 is 0 Å². The maximum absolute atomic E-state index is 5.71. The van der Waals surface area contributed by atoms with Gasteiger partial charge in [0.25, 0.3) is 0 Å². The van der Waals surface area contributed by atoms with Crippen molar-refractivity contribution in [2.45, 2.75) is 6.42 Å². The highest BCUT2D eigenvalue weighted by Crippen LogP contribution is 2.16. The van der Waals surface area contributed by atoms with E-state index in [-0.39, 0.29) is 0 Å². The van der Waals surface area contributed by atoms with Crippen molar-refractivity contribution in [1.82, 2.24) is 14.9 Å². The molecule has 5 nitrogen and oxygen atoms in total. The molecular formula is C12H19N5.